The Kier molecular flexibility index (Phi) is 3.85. The highest BCUT2D eigenvalue weighted by Gasteiger charge is 2.30. The zero-order chi connectivity index (χ0) is 15.8. The van der Waals surface area contributed by atoms with Gasteiger partial charge in [-0.2, -0.15) is 0 Å². The van der Waals surface area contributed by atoms with Crippen molar-refractivity contribution in [2.45, 2.75) is 45.8 Å². The van der Waals surface area contributed by atoms with Crippen LogP contribution < -0.4 is 0 Å². The lowest BCUT2D eigenvalue weighted by Crippen LogP contribution is -2.41. The van der Waals surface area contributed by atoms with Gasteiger partial charge in [-0.15, -0.1) is 0 Å². The molecule has 0 aliphatic carbocycles. The van der Waals surface area contributed by atoms with Crippen molar-refractivity contribution in [3.05, 3.63) is 33.6 Å². The molecule has 1 aliphatic rings. The number of hydrogen-bond acceptors (Lipinski definition) is 5. The van der Waals surface area contributed by atoms with Crippen LogP contribution in [-0.2, 0) is 11.3 Å². The molecule has 0 aromatic carbocycles. The predicted octanol–water partition coefficient (Wildman–Crippen LogP) is 2.84. The summed E-state index contributed by atoms with van der Waals surface area (Å²) in [5.74, 6) is 0.0158. The zero-order valence-corrected chi connectivity index (χ0v) is 12.6. The van der Waals surface area contributed by atoms with Crippen LogP contribution in [0.2, 0.25) is 0 Å². The minimum absolute atomic E-state index is 0.0158. The number of carbonyl (C=O) groups is 1. The summed E-state index contributed by atoms with van der Waals surface area (Å²) in [6.45, 7) is 8.13. The van der Waals surface area contributed by atoms with Crippen LogP contribution in [0.5, 0.6) is 0 Å². The van der Waals surface area contributed by atoms with Gasteiger partial charge in [-0.1, -0.05) is 6.92 Å². The van der Waals surface area contributed by atoms with Gasteiger partial charge in [0.15, 0.2) is 0 Å². The second kappa shape index (κ2) is 5.31. The fraction of sp³-hybridized carbons (Fsp3) is 0.571. The van der Waals surface area contributed by atoms with E-state index in [1.807, 2.05) is 6.92 Å². The van der Waals surface area contributed by atoms with Gasteiger partial charge >= 0.3 is 6.09 Å². The molecule has 0 radical (unpaired) electrons. The topological polar surface area (TPSA) is 85.6 Å². The molecule has 0 saturated heterocycles. The molecule has 1 aromatic rings. The molecule has 114 valence electrons. The summed E-state index contributed by atoms with van der Waals surface area (Å²) in [5.41, 5.74) is 0.878. The molecule has 2 heterocycles. The van der Waals surface area contributed by atoms with Gasteiger partial charge in [-0.05, 0) is 20.8 Å². The molecular weight excluding hydrogens is 274 g/mol. The number of nitro groups is 1. The molecule has 0 unspecified atom stereocenters. The van der Waals surface area contributed by atoms with Gasteiger partial charge in [0, 0.05) is 24.1 Å². The highest BCUT2D eigenvalue weighted by atomic mass is 16.6. The van der Waals surface area contributed by atoms with E-state index >= 15 is 0 Å². The number of amides is 1. The molecule has 0 N–H and O–H groups in total. The maximum Gasteiger partial charge on any atom is 0.410 e. The maximum atomic E-state index is 12.1. The Bertz CT molecular complexity index is 580. The van der Waals surface area contributed by atoms with Crippen molar-refractivity contribution in [3.63, 3.8) is 0 Å². The Morgan fingerprint density at radius 3 is 2.76 bits per heavy atom. The van der Waals surface area contributed by atoms with E-state index in [-0.39, 0.29) is 18.2 Å². The number of pyridine rings is 1. The minimum Gasteiger partial charge on any atom is -0.444 e. The normalized spacial score (nSPS) is 18.1. The predicted molar refractivity (Wildman–Crippen MR) is 76.0 cm³/mol. The highest BCUT2D eigenvalue weighted by Crippen LogP contribution is 2.29. The van der Waals surface area contributed by atoms with E-state index < -0.39 is 16.6 Å². The Labute approximate surface area is 123 Å². The fourth-order valence-electron chi connectivity index (χ4n) is 2.33. The monoisotopic (exact) mass is 293 g/mol. The molecule has 21 heavy (non-hydrogen) atoms. The van der Waals surface area contributed by atoms with Crippen molar-refractivity contribution in [1.82, 2.24) is 9.88 Å². The average molecular weight is 293 g/mol. The Balaban J connectivity index is 2.24. The Morgan fingerprint density at radius 1 is 1.52 bits per heavy atom. The minimum atomic E-state index is -0.568. The van der Waals surface area contributed by atoms with E-state index in [0.717, 1.165) is 5.69 Å². The molecule has 0 fully saturated rings. The van der Waals surface area contributed by atoms with Crippen molar-refractivity contribution in [3.8, 4) is 0 Å². The largest absolute Gasteiger partial charge is 0.444 e. The third-order valence-corrected chi connectivity index (χ3v) is 3.17. The van der Waals surface area contributed by atoms with Gasteiger partial charge in [0.2, 0.25) is 0 Å². The molecule has 7 heteroatoms. The van der Waals surface area contributed by atoms with Crippen molar-refractivity contribution >= 4 is 11.8 Å². The summed E-state index contributed by atoms with van der Waals surface area (Å²) in [6.07, 6.45) is 0.852. The summed E-state index contributed by atoms with van der Waals surface area (Å²) >= 11 is 0. The second-order valence-electron chi connectivity index (χ2n) is 6.26. The van der Waals surface area contributed by atoms with Gasteiger partial charge < -0.3 is 9.64 Å². The van der Waals surface area contributed by atoms with Crippen LogP contribution >= 0.6 is 0 Å². The summed E-state index contributed by atoms with van der Waals surface area (Å²) in [6, 6.07) is 1.48. The van der Waals surface area contributed by atoms with Crippen LogP contribution in [0, 0.1) is 10.1 Å². The number of hydrogen-bond donors (Lipinski definition) is 0. The third-order valence-electron chi connectivity index (χ3n) is 3.17. The molecule has 0 spiro atoms. The molecule has 1 amide bonds. The van der Waals surface area contributed by atoms with Gasteiger partial charge in [0.05, 0.1) is 17.2 Å². The number of carbonyl (C=O) groups excluding carboxylic acids is 1. The van der Waals surface area contributed by atoms with E-state index in [1.54, 1.807) is 25.7 Å². The van der Waals surface area contributed by atoms with E-state index in [9.17, 15) is 14.9 Å². The summed E-state index contributed by atoms with van der Waals surface area (Å²) in [5, 5.41) is 10.8. The molecule has 1 aromatic heterocycles. The van der Waals surface area contributed by atoms with E-state index in [4.69, 9.17) is 4.74 Å². The smallest absolute Gasteiger partial charge is 0.410 e. The van der Waals surface area contributed by atoms with Gasteiger partial charge in [0.1, 0.15) is 11.8 Å². The summed E-state index contributed by atoms with van der Waals surface area (Å²) in [7, 11) is 0. The van der Waals surface area contributed by atoms with E-state index in [1.165, 1.54) is 12.3 Å². The lowest BCUT2D eigenvalue weighted by molar-refractivity contribution is -0.385. The number of fused-ring (bicyclic) bond motifs is 1. The molecular formula is C14H19N3O4. The van der Waals surface area contributed by atoms with Crippen molar-refractivity contribution in [2.24, 2.45) is 0 Å². The first-order valence-corrected chi connectivity index (χ1v) is 6.78. The second-order valence-corrected chi connectivity index (χ2v) is 6.26. The number of rotatable bonds is 1. The average Bonchev–Trinajstić information content (AvgIpc) is 2.35. The first-order chi connectivity index (χ1) is 9.67. The molecule has 0 saturated carbocycles. The molecule has 1 aliphatic heterocycles. The zero-order valence-electron chi connectivity index (χ0n) is 12.6. The van der Waals surface area contributed by atoms with Crippen LogP contribution in [0.4, 0.5) is 10.5 Å². The third kappa shape index (κ3) is 3.48. The van der Waals surface area contributed by atoms with Crippen LogP contribution in [-0.4, -0.2) is 33.0 Å². The number of ether oxygens (including phenoxy) is 1. The number of nitrogens with zero attached hydrogens (tertiary/aromatic N) is 3. The van der Waals surface area contributed by atoms with Crippen LogP contribution in [0.1, 0.15) is 44.9 Å². The van der Waals surface area contributed by atoms with Gasteiger partial charge in [-0.25, -0.2) is 4.79 Å². The first kappa shape index (κ1) is 15.2. The van der Waals surface area contributed by atoms with Crippen LogP contribution in [0.25, 0.3) is 0 Å². The molecule has 7 nitrogen and oxygen atoms in total. The van der Waals surface area contributed by atoms with Gasteiger partial charge in [0.25, 0.3) is 5.69 Å². The first-order valence-electron chi connectivity index (χ1n) is 6.78. The quantitative estimate of drug-likeness (QED) is 0.587. The van der Waals surface area contributed by atoms with E-state index in [2.05, 4.69) is 4.98 Å². The number of aromatic nitrogens is 1. The van der Waals surface area contributed by atoms with Crippen LogP contribution in [0.15, 0.2) is 12.3 Å². The Morgan fingerprint density at radius 2 is 2.19 bits per heavy atom. The van der Waals surface area contributed by atoms with Crippen molar-refractivity contribution in [1.29, 1.82) is 0 Å². The van der Waals surface area contributed by atoms with E-state index in [0.29, 0.717) is 12.1 Å². The lowest BCUT2D eigenvalue weighted by Gasteiger charge is -2.33. The van der Waals surface area contributed by atoms with Crippen molar-refractivity contribution < 1.29 is 14.5 Å². The summed E-state index contributed by atoms with van der Waals surface area (Å²) < 4.78 is 5.35. The fourth-order valence-corrected chi connectivity index (χ4v) is 2.33. The van der Waals surface area contributed by atoms with Gasteiger partial charge in [-0.3, -0.25) is 15.1 Å². The molecule has 1 atom stereocenters. The lowest BCUT2D eigenvalue weighted by atomic mass is 9.96. The van der Waals surface area contributed by atoms with Crippen molar-refractivity contribution in [2.75, 3.05) is 6.54 Å². The van der Waals surface area contributed by atoms with Crippen LogP contribution in [0.3, 0.4) is 0 Å². The maximum absolute atomic E-state index is 12.1. The highest BCUT2D eigenvalue weighted by molar-refractivity contribution is 5.69. The molecule has 2 rings (SSSR count). The Hall–Kier alpha value is -2.18. The SMILES string of the molecule is C[C@H]1CN(C(=O)OC(C)(C)C)Cc2cc([N+](=O)[O-])cnc21. The molecule has 0 bridgehead atoms. The summed E-state index contributed by atoms with van der Waals surface area (Å²) in [4.78, 5) is 28.2. The standard InChI is InChI=1S/C14H19N3O4/c1-9-7-16(13(18)21-14(2,3)4)8-10-5-11(17(19)20)6-15-12(9)10/h5-6,9H,7-8H2,1-4H3/t9-/m0/s1.